The van der Waals surface area contributed by atoms with E-state index in [9.17, 15) is 9.59 Å². The van der Waals surface area contributed by atoms with E-state index in [2.05, 4.69) is 4.99 Å². The normalized spacial score (nSPS) is 20.0. The van der Waals surface area contributed by atoms with E-state index in [1.54, 1.807) is 49.2 Å². The van der Waals surface area contributed by atoms with Crippen LogP contribution in [0.5, 0.6) is 5.75 Å². The van der Waals surface area contributed by atoms with Gasteiger partial charge in [0.05, 0.1) is 16.9 Å². The molecule has 1 N–H and O–H groups in total. The molecule has 3 aliphatic rings. The highest BCUT2D eigenvalue weighted by Crippen LogP contribution is 2.42. The number of fused-ring (bicyclic) bond motifs is 5. The van der Waals surface area contributed by atoms with Gasteiger partial charge in [-0.2, -0.15) is 0 Å². The van der Waals surface area contributed by atoms with Crippen LogP contribution < -0.4 is 9.73 Å². The predicted octanol–water partition coefficient (Wildman–Crippen LogP) is 2.47. The molecule has 5 heteroatoms. The highest BCUT2D eigenvalue weighted by molar-refractivity contribution is 8.04. The van der Waals surface area contributed by atoms with Crippen molar-refractivity contribution in [1.82, 2.24) is 0 Å². The molecule has 0 radical (unpaired) electrons. The molecule has 1 heterocycles. The van der Waals surface area contributed by atoms with Gasteiger partial charge >= 0.3 is 0 Å². The fourth-order valence-corrected chi connectivity index (χ4v) is 4.69. The average molecular weight is 360 g/mol. The van der Waals surface area contributed by atoms with Gasteiger partial charge in [0, 0.05) is 28.8 Å². The zero-order valence-electron chi connectivity index (χ0n) is 13.9. The van der Waals surface area contributed by atoms with Gasteiger partial charge in [0.1, 0.15) is 11.7 Å². The maximum Gasteiger partial charge on any atom is 0.218 e. The number of ketones is 2. The van der Waals surface area contributed by atoms with E-state index in [0.29, 0.717) is 16.7 Å². The maximum absolute atomic E-state index is 13.2. The molecule has 2 aromatic carbocycles. The minimum absolute atomic E-state index is 0.0305. The average Bonchev–Trinajstić information content (AvgIpc) is 2.69. The molecule has 1 atom stereocenters. The zero-order chi connectivity index (χ0) is 17.8. The van der Waals surface area contributed by atoms with E-state index in [1.165, 1.54) is 0 Å². The van der Waals surface area contributed by atoms with Gasteiger partial charge in [-0.15, -0.1) is 0 Å². The van der Waals surface area contributed by atoms with Crippen LogP contribution in [0.1, 0.15) is 20.7 Å². The van der Waals surface area contributed by atoms with E-state index < -0.39 is 5.92 Å². The van der Waals surface area contributed by atoms with Gasteiger partial charge in [-0.25, -0.2) is 4.99 Å². The largest absolute Gasteiger partial charge is 0.497 e. The first kappa shape index (κ1) is 15.3. The smallest absolute Gasteiger partial charge is 0.218 e. The van der Waals surface area contributed by atoms with Crippen LogP contribution in [0.2, 0.25) is 0 Å². The minimum Gasteiger partial charge on any atom is -0.497 e. The lowest BCUT2D eigenvalue weighted by Gasteiger charge is -2.28. The lowest BCUT2D eigenvalue weighted by Crippen LogP contribution is -2.71. The zero-order valence-corrected chi connectivity index (χ0v) is 14.7. The highest BCUT2D eigenvalue weighted by Gasteiger charge is 2.46. The topological polar surface area (TPSA) is 57.3 Å². The molecule has 5 rings (SSSR count). The monoisotopic (exact) mass is 360 g/mol. The van der Waals surface area contributed by atoms with Crippen molar-refractivity contribution in [3.63, 3.8) is 0 Å². The molecule has 0 fully saturated rings. The number of hydrogen-bond acceptors (Lipinski definition) is 4. The number of nitrogens with one attached hydrogen (secondary N) is 1. The third-order valence-electron chi connectivity index (χ3n) is 4.92. The summed E-state index contributed by atoms with van der Waals surface area (Å²) in [5.41, 5.74) is 3.24. The maximum atomic E-state index is 13.2. The lowest BCUT2D eigenvalue weighted by atomic mass is 9.74. The van der Waals surface area contributed by atoms with E-state index in [-0.39, 0.29) is 11.6 Å². The Balaban J connectivity index is 1.68. The van der Waals surface area contributed by atoms with Crippen LogP contribution in [0, 0.1) is 5.92 Å². The van der Waals surface area contributed by atoms with Crippen molar-refractivity contribution in [1.29, 1.82) is 0 Å². The van der Waals surface area contributed by atoms with E-state index in [0.717, 1.165) is 26.9 Å². The standard InChI is InChI=1S/C21H13NO3S/c1-25-11-6-8-15-17(10-11)26-16-9-7-14-18(19(16)22-15)21(24)13-5-3-2-4-12(13)20(14)23/h2-10,18H,1H3/p+1. The molecule has 0 spiro atoms. The van der Waals surface area contributed by atoms with E-state index in [4.69, 9.17) is 4.74 Å². The van der Waals surface area contributed by atoms with Gasteiger partial charge in [-0.05, 0) is 12.1 Å². The highest BCUT2D eigenvalue weighted by atomic mass is 32.2. The fraction of sp³-hybridized carbons (Fsp3) is 0.0952. The number of rotatable bonds is 1. The summed E-state index contributed by atoms with van der Waals surface area (Å²) in [6.07, 6.45) is 3.71. The molecular formula is C21H14NO3S+. The molecule has 2 aliphatic carbocycles. The quantitative estimate of drug-likeness (QED) is 0.849. The van der Waals surface area contributed by atoms with Crippen LogP contribution >= 0.6 is 11.8 Å². The number of methoxy groups -OCH3 is 1. The molecule has 2 aromatic rings. The number of allylic oxidation sites excluding steroid dienone is 4. The number of ether oxygens (including phenoxy) is 1. The Kier molecular flexibility index (Phi) is 3.27. The third kappa shape index (κ3) is 2.07. The van der Waals surface area contributed by atoms with Crippen molar-refractivity contribution >= 4 is 34.7 Å². The minimum atomic E-state index is -0.569. The first-order valence-electron chi connectivity index (χ1n) is 8.27. The summed E-state index contributed by atoms with van der Waals surface area (Å²) in [6, 6.07) is 12.8. The first-order chi connectivity index (χ1) is 12.7. The van der Waals surface area contributed by atoms with Crippen LogP contribution in [0.15, 0.2) is 70.0 Å². The summed E-state index contributed by atoms with van der Waals surface area (Å²) >= 11 is 1.58. The Bertz CT molecular complexity index is 1090. The molecule has 0 saturated carbocycles. The summed E-state index contributed by atoms with van der Waals surface area (Å²) < 4.78 is 5.29. The summed E-state index contributed by atoms with van der Waals surface area (Å²) in [6.45, 7) is 0. The number of thioether (sulfide) groups is 1. The van der Waals surface area contributed by atoms with Crippen LogP contribution in [0.4, 0.5) is 5.69 Å². The van der Waals surface area contributed by atoms with Gasteiger partial charge in [-0.1, -0.05) is 42.1 Å². The van der Waals surface area contributed by atoms with Crippen molar-refractivity contribution in [2.45, 2.75) is 4.90 Å². The van der Waals surface area contributed by atoms with E-state index >= 15 is 0 Å². The summed E-state index contributed by atoms with van der Waals surface area (Å²) in [5, 5.41) is 0. The van der Waals surface area contributed by atoms with Gasteiger partial charge in [0.25, 0.3) is 0 Å². The molecular weight excluding hydrogens is 346 g/mol. The van der Waals surface area contributed by atoms with Crippen molar-refractivity contribution in [3.05, 3.63) is 76.2 Å². The van der Waals surface area contributed by atoms with Crippen molar-refractivity contribution in [3.8, 4) is 5.75 Å². The number of benzene rings is 2. The summed E-state index contributed by atoms with van der Waals surface area (Å²) in [5.74, 6) is 0.115. The van der Waals surface area contributed by atoms with Gasteiger partial charge in [-0.3, -0.25) is 9.59 Å². The Labute approximate surface area is 154 Å². The number of carbonyl (C=O) groups excluding carboxylic acids is 2. The molecule has 0 amide bonds. The summed E-state index contributed by atoms with van der Waals surface area (Å²) in [4.78, 5) is 31.4. The van der Waals surface area contributed by atoms with Gasteiger partial charge in [0.2, 0.25) is 11.4 Å². The number of hydrogen-bond donors (Lipinski definition) is 1. The Hall–Kier alpha value is -2.92. The second-order valence-electron chi connectivity index (χ2n) is 6.33. The van der Waals surface area contributed by atoms with E-state index in [1.807, 2.05) is 24.3 Å². The second-order valence-corrected chi connectivity index (χ2v) is 7.41. The molecule has 4 nitrogen and oxygen atoms in total. The van der Waals surface area contributed by atoms with Crippen LogP contribution in [-0.2, 0) is 0 Å². The first-order valence-corrected chi connectivity index (χ1v) is 9.09. The van der Waals surface area contributed by atoms with Crippen LogP contribution in [-0.4, -0.2) is 24.4 Å². The van der Waals surface area contributed by atoms with Gasteiger partial charge in [0.15, 0.2) is 11.6 Å². The number of carbonyl (C=O) groups is 2. The SMILES string of the molecule is COc1ccc2c(c1)SC1=CC=C3C(=O)c4ccccc4C(=O)C3C1=[NH+]2. The van der Waals surface area contributed by atoms with Gasteiger partial charge < -0.3 is 4.74 Å². The summed E-state index contributed by atoms with van der Waals surface area (Å²) in [7, 11) is 1.64. The van der Waals surface area contributed by atoms with Crippen molar-refractivity contribution in [2.75, 3.05) is 7.11 Å². The Morgan fingerprint density at radius 3 is 2.65 bits per heavy atom. The molecule has 126 valence electrons. The predicted molar refractivity (Wildman–Crippen MR) is 99.2 cm³/mol. The van der Waals surface area contributed by atoms with Crippen molar-refractivity contribution in [2.24, 2.45) is 5.92 Å². The molecule has 1 aliphatic heterocycles. The molecule has 0 aromatic heterocycles. The Morgan fingerprint density at radius 1 is 1.04 bits per heavy atom. The molecule has 26 heavy (non-hydrogen) atoms. The Morgan fingerprint density at radius 2 is 1.85 bits per heavy atom. The molecule has 0 bridgehead atoms. The molecule has 0 saturated heterocycles. The lowest BCUT2D eigenvalue weighted by molar-refractivity contribution is -0.359. The third-order valence-corrected chi connectivity index (χ3v) is 6.05. The second kappa shape index (κ2) is 5.54. The molecule has 1 unspecified atom stereocenters. The van der Waals surface area contributed by atoms with Crippen LogP contribution in [0.3, 0.4) is 0 Å². The van der Waals surface area contributed by atoms with Crippen molar-refractivity contribution < 1.29 is 19.3 Å². The number of Topliss-reactive ketones (excluding diaryl/α,β-unsaturated/α-hetero) is 2. The fourth-order valence-electron chi connectivity index (χ4n) is 3.64. The van der Waals surface area contributed by atoms with Crippen LogP contribution in [0.25, 0.3) is 0 Å².